The fraction of sp³-hybridized carbons (Fsp3) is 0.889. The van der Waals surface area contributed by atoms with Crippen LogP contribution in [0.3, 0.4) is 0 Å². The Hall–Kier alpha value is -0.0200. The van der Waals surface area contributed by atoms with Gasteiger partial charge in [0, 0.05) is 12.8 Å². The molecule has 0 aliphatic rings. The predicted octanol–water partition coefficient (Wildman–Crippen LogP) is 2.49. The largest absolute Gasteiger partial charge is 0.296 e. The average molecular weight is 188 g/mol. The van der Waals surface area contributed by atoms with Gasteiger partial charge in [0.1, 0.15) is 0 Å². The molecule has 0 saturated carbocycles. The Morgan fingerprint density at radius 2 is 2.17 bits per heavy atom. The number of nitrogens with zero attached hydrogens (tertiary/aromatic N) is 1. The van der Waals surface area contributed by atoms with Gasteiger partial charge in [0.2, 0.25) is 0 Å². The van der Waals surface area contributed by atoms with E-state index in [0.717, 1.165) is 13.0 Å². The Morgan fingerprint density at radius 3 is 2.50 bits per heavy atom. The predicted molar refractivity (Wildman–Crippen MR) is 58.7 cm³/mol. The maximum absolute atomic E-state index is 5.62. The molecule has 0 saturated heterocycles. The summed E-state index contributed by atoms with van der Waals surface area (Å²) in [6, 6.07) is 0. The van der Waals surface area contributed by atoms with Gasteiger partial charge in [-0.2, -0.15) is 0 Å². The Kier molecular flexibility index (Phi) is 5.59. The van der Waals surface area contributed by atoms with Gasteiger partial charge in [0.25, 0.3) is 0 Å². The highest BCUT2D eigenvalue weighted by atomic mass is 32.2. The van der Waals surface area contributed by atoms with E-state index in [1.807, 2.05) is 6.21 Å². The van der Waals surface area contributed by atoms with E-state index in [4.69, 9.17) is 5.14 Å². The van der Waals surface area contributed by atoms with E-state index in [0.29, 0.717) is 5.92 Å². The highest BCUT2D eigenvalue weighted by Gasteiger charge is 2.25. The van der Waals surface area contributed by atoms with E-state index in [2.05, 4.69) is 32.7 Å². The van der Waals surface area contributed by atoms with Crippen molar-refractivity contribution >= 4 is 18.2 Å². The monoisotopic (exact) mass is 188 g/mol. The minimum atomic E-state index is -0.00479. The summed E-state index contributed by atoms with van der Waals surface area (Å²) < 4.78 is -0.00479. The zero-order valence-corrected chi connectivity index (χ0v) is 9.32. The lowest BCUT2D eigenvalue weighted by atomic mass is 9.98. The van der Waals surface area contributed by atoms with E-state index >= 15 is 0 Å². The molecule has 2 nitrogen and oxygen atoms in total. The van der Waals surface area contributed by atoms with Gasteiger partial charge in [-0.3, -0.25) is 10.1 Å². The first-order chi connectivity index (χ1) is 5.56. The highest BCUT2D eigenvalue weighted by Crippen LogP contribution is 2.26. The minimum Gasteiger partial charge on any atom is -0.296 e. The molecule has 0 aromatic heterocycles. The molecule has 0 rings (SSSR count). The summed E-state index contributed by atoms with van der Waals surface area (Å²) >= 11 is 1.38. The normalized spacial score (nSPS) is 17.2. The summed E-state index contributed by atoms with van der Waals surface area (Å²) in [6.45, 7) is 9.49. The van der Waals surface area contributed by atoms with Crippen molar-refractivity contribution in [3.05, 3.63) is 0 Å². The molecule has 0 aromatic carbocycles. The van der Waals surface area contributed by atoms with Crippen molar-refractivity contribution in [2.45, 2.75) is 38.9 Å². The summed E-state index contributed by atoms with van der Waals surface area (Å²) in [4.78, 5) is 4.33. The van der Waals surface area contributed by atoms with Gasteiger partial charge < -0.3 is 0 Å². The molecular weight excluding hydrogens is 168 g/mol. The number of hydrogen-bond donors (Lipinski definition) is 1. The standard InChI is InChI=1S/C9H20N2S/c1-5-6-11-7-9(4,12-10)8(2)3/h7-8H,5-6,10H2,1-4H3. The van der Waals surface area contributed by atoms with Gasteiger partial charge in [-0.25, -0.2) is 0 Å². The molecule has 0 aliphatic heterocycles. The van der Waals surface area contributed by atoms with Gasteiger partial charge in [0.15, 0.2) is 0 Å². The number of hydrogen-bond acceptors (Lipinski definition) is 3. The van der Waals surface area contributed by atoms with Crippen LogP contribution >= 0.6 is 11.9 Å². The molecule has 12 heavy (non-hydrogen) atoms. The van der Waals surface area contributed by atoms with Crippen LogP contribution in [-0.2, 0) is 0 Å². The fourth-order valence-corrected chi connectivity index (χ4v) is 1.10. The molecule has 72 valence electrons. The molecule has 3 heteroatoms. The lowest BCUT2D eigenvalue weighted by Gasteiger charge is -2.26. The smallest absolute Gasteiger partial charge is 0.0643 e. The molecule has 1 atom stereocenters. The van der Waals surface area contributed by atoms with Gasteiger partial charge >= 0.3 is 0 Å². The van der Waals surface area contributed by atoms with Crippen LogP contribution in [0.15, 0.2) is 4.99 Å². The zero-order chi connectivity index (χ0) is 9.61. The van der Waals surface area contributed by atoms with Crippen molar-refractivity contribution < 1.29 is 0 Å². The third-order valence-electron chi connectivity index (χ3n) is 2.10. The van der Waals surface area contributed by atoms with Gasteiger partial charge in [-0.15, -0.1) is 0 Å². The second-order valence-corrected chi connectivity index (χ2v) is 4.61. The molecule has 0 aliphatic carbocycles. The molecule has 0 heterocycles. The molecule has 0 radical (unpaired) electrons. The van der Waals surface area contributed by atoms with E-state index < -0.39 is 0 Å². The van der Waals surface area contributed by atoms with E-state index in [1.54, 1.807) is 0 Å². The van der Waals surface area contributed by atoms with Crippen LogP contribution < -0.4 is 5.14 Å². The van der Waals surface area contributed by atoms with Crippen molar-refractivity contribution in [2.24, 2.45) is 16.0 Å². The third kappa shape index (κ3) is 3.59. The zero-order valence-electron chi connectivity index (χ0n) is 8.50. The summed E-state index contributed by atoms with van der Waals surface area (Å²) in [5, 5.41) is 5.62. The quantitative estimate of drug-likeness (QED) is 0.532. The molecule has 1 unspecified atom stereocenters. The summed E-state index contributed by atoms with van der Waals surface area (Å²) in [5.74, 6) is 0.521. The van der Waals surface area contributed by atoms with Crippen LogP contribution in [0.5, 0.6) is 0 Å². The molecule has 0 amide bonds. The number of nitrogens with two attached hydrogens (primary N) is 1. The Balaban J connectivity index is 4.13. The Morgan fingerprint density at radius 1 is 1.58 bits per heavy atom. The lowest BCUT2D eigenvalue weighted by Crippen LogP contribution is -2.31. The summed E-state index contributed by atoms with van der Waals surface area (Å²) in [7, 11) is 0. The molecule has 0 aromatic rings. The van der Waals surface area contributed by atoms with Crippen LogP contribution in [0, 0.1) is 5.92 Å². The summed E-state index contributed by atoms with van der Waals surface area (Å²) in [6.07, 6.45) is 3.09. The Bertz CT molecular complexity index is 145. The van der Waals surface area contributed by atoms with Gasteiger partial charge in [-0.05, 0) is 19.3 Å². The fourth-order valence-electron chi connectivity index (χ4n) is 0.690. The molecule has 2 N–H and O–H groups in total. The first-order valence-electron chi connectivity index (χ1n) is 4.45. The molecular formula is C9H20N2S. The lowest BCUT2D eigenvalue weighted by molar-refractivity contribution is 0.580. The van der Waals surface area contributed by atoms with Crippen molar-refractivity contribution in [3.63, 3.8) is 0 Å². The van der Waals surface area contributed by atoms with Crippen LogP contribution in [-0.4, -0.2) is 17.5 Å². The maximum Gasteiger partial charge on any atom is 0.0643 e. The first-order valence-corrected chi connectivity index (χ1v) is 5.33. The van der Waals surface area contributed by atoms with Crippen LogP contribution in [0.1, 0.15) is 34.1 Å². The van der Waals surface area contributed by atoms with Crippen LogP contribution in [0.2, 0.25) is 0 Å². The average Bonchev–Trinajstić information content (AvgIpc) is 2.04. The Labute approximate surface area is 80.2 Å². The molecule has 0 fully saturated rings. The van der Waals surface area contributed by atoms with Crippen LogP contribution in [0.25, 0.3) is 0 Å². The van der Waals surface area contributed by atoms with Crippen LogP contribution in [0.4, 0.5) is 0 Å². The number of aliphatic imine (C=N–C) groups is 1. The first kappa shape index (κ1) is 12.0. The molecule has 0 bridgehead atoms. The van der Waals surface area contributed by atoms with Crippen molar-refractivity contribution in [1.82, 2.24) is 0 Å². The van der Waals surface area contributed by atoms with Gasteiger partial charge in [0.05, 0.1) is 4.75 Å². The highest BCUT2D eigenvalue weighted by molar-refractivity contribution is 7.99. The van der Waals surface area contributed by atoms with Crippen molar-refractivity contribution in [3.8, 4) is 0 Å². The van der Waals surface area contributed by atoms with E-state index in [1.165, 1.54) is 11.9 Å². The van der Waals surface area contributed by atoms with Gasteiger partial charge in [-0.1, -0.05) is 32.7 Å². The maximum atomic E-state index is 5.62. The van der Waals surface area contributed by atoms with E-state index in [-0.39, 0.29) is 4.75 Å². The second kappa shape index (κ2) is 5.60. The van der Waals surface area contributed by atoms with Crippen molar-refractivity contribution in [2.75, 3.05) is 6.54 Å². The molecule has 0 spiro atoms. The SMILES string of the molecule is CCCN=CC(C)(SN)C(C)C. The minimum absolute atomic E-state index is 0.00479. The topological polar surface area (TPSA) is 38.4 Å². The number of rotatable bonds is 5. The summed E-state index contributed by atoms with van der Waals surface area (Å²) in [5.41, 5.74) is 0. The second-order valence-electron chi connectivity index (χ2n) is 3.49. The third-order valence-corrected chi connectivity index (χ3v) is 3.19. The van der Waals surface area contributed by atoms with E-state index in [9.17, 15) is 0 Å². The van der Waals surface area contributed by atoms with Crippen molar-refractivity contribution in [1.29, 1.82) is 0 Å².